The van der Waals surface area contributed by atoms with Crippen molar-refractivity contribution >= 4 is 29.1 Å². The lowest BCUT2D eigenvalue weighted by atomic mass is 10.1. The maximum absolute atomic E-state index is 13.8. The van der Waals surface area contributed by atoms with Crippen molar-refractivity contribution in [1.82, 2.24) is 4.90 Å². The van der Waals surface area contributed by atoms with Gasteiger partial charge in [-0.2, -0.15) is 0 Å². The molecule has 0 bridgehead atoms. The summed E-state index contributed by atoms with van der Waals surface area (Å²) in [6, 6.07) is 7.06. The normalized spacial score (nSPS) is 13.8. The predicted molar refractivity (Wildman–Crippen MR) is 90.9 cm³/mol. The van der Waals surface area contributed by atoms with Crippen molar-refractivity contribution in [3.8, 4) is 0 Å². The first-order chi connectivity index (χ1) is 12.0. The van der Waals surface area contributed by atoms with E-state index in [2.05, 4.69) is 5.32 Å². The molecule has 0 saturated carbocycles. The molecule has 0 spiro atoms. The average Bonchev–Trinajstić information content (AvgIpc) is 3.12. The number of likely N-dealkylation sites (tertiary alicyclic amines) is 1. The van der Waals surface area contributed by atoms with Crippen LogP contribution in [0.1, 0.15) is 33.6 Å². The molecule has 2 aromatic rings. The number of anilines is 1. The number of nitrogens with one attached hydrogen (secondary N) is 1. The highest BCUT2D eigenvalue weighted by Gasteiger charge is 2.23. The number of hydrogen-bond acceptors (Lipinski definition) is 2. The van der Waals surface area contributed by atoms with Crippen LogP contribution in [0, 0.1) is 11.6 Å². The van der Waals surface area contributed by atoms with Crippen LogP contribution in [-0.4, -0.2) is 29.8 Å². The molecule has 0 aromatic heterocycles. The van der Waals surface area contributed by atoms with Crippen molar-refractivity contribution in [2.24, 2.45) is 0 Å². The number of halogens is 3. The summed E-state index contributed by atoms with van der Waals surface area (Å²) in [6.45, 7) is 1.27. The van der Waals surface area contributed by atoms with Crippen LogP contribution in [0.5, 0.6) is 0 Å². The van der Waals surface area contributed by atoms with Gasteiger partial charge >= 0.3 is 0 Å². The third-order valence-corrected chi connectivity index (χ3v) is 4.26. The fourth-order valence-electron chi connectivity index (χ4n) is 2.75. The third-order valence-electron chi connectivity index (χ3n) is 4.03. The Kier molecular flexibility index (Phi) is 4.99. The molecule has 1 heterocycles. The number of nitrogens with zero attached hydrogens (tertiary/aromatic N) is 1. The standard InChI is InChI=1S/C18H15ClF2N2O2/c19-11-3-6-16(14(9-11)18(25)23-7-1-2-8-23)22-17(24)13-10-12(20)4-5-15(13)21/h3-6,9-10H,1-2,7-8H2,(H,22,24). The highest BCUT2D eigenvalue weighted by atomic mass is 35.5. The second-order valence-electron chi connectivity index (χ2n) is 5.77. The summed E-state index contributed by atoms with van der Waals surface area (Å²) in [6.07, 6.45) is 1.84. The van der Waals surface area contributed by atoms with E-state index in [4.69, 9.17) is 11.6 Å². The van der Waals surface area contributed by atoms with E-state index in [1.165, 1.54) is 18.2 Å². The van der Waals surface area contributed by atoms with Crippen LogP contribution in [0.4, 0.5) is 14.5 Å². The SMILES string of the molecule is O=C(Nc1ccc(Cl)cc1C(=O)N1CCCC1)c1cc(F)ccc1F. The van der Waals surface area contributed by atoms with E-state index in [1.54, 1.807) is 4.90 Å². The molecular formula is C18H15ClF2N2O2. The molecule has 7 heteroatoms. The first-order valence-corrected chi connectivity index (χ1v) is 8.19. The molecule has 130 valence electrons. The highest BCUT2D eigenvalue weighted by Crippen LogP contribution is 2.25. The number of carbonyl (C=O) groups excluding carboxylic acids is 2. The van der Waals surface area contributed by atoms with Crippen LogP contribution in [0.15, 0.2) is 36.4 Å². The molecule has 1 aliphatic rings. The fourth-order valence-corrected chi connectivity index (χ4v) is 2.93. The summed E-state index contributed by atoms with van der Waals surface area (Å²) < 4.78 is 27.1. The van der Waals surface area contributed by atoms with Gasteiger partial charge in [-0.25, -0.2) is 8.78 Å². The van der Waals surface area contributed by atoms with Gasteiger partial charge in [0.25, 0.3) is 11.8 Å². The van der Waals surface area contributed by atoms with Gasteiger partial charge in [-0.3, -0.25) is 9.59 Å². The van der Waals surface area contributed by atoms with Crippen molar-refractivity contribution in [3.05, 3.63) is 64.2 Å². The summed E-state index contributed by atoms with van der Waals surface area (Å²) >= 11 is 5.97. The first-order valence-electron chi connectivity index (χ1n) is 7.81. The highest BCUT2D eigenvalue weighted by molar-refractivity contribution is 6.31. The largest absolute Gasteiger partial charge is 0.339 e. The predicted octanol–water partition coefficient (Wildman–Crippen LogP) is 4.11. The van der Waals surface area contributed by atoms with Gasteiger partial charge in [0, 0.05) is 18.1 Å². The van der Waals surface area contributed by atoms with Gasteiger partial charge in [-0.15, -0.1) is 0 Å². The molecule has 1 saturated heterocycles. The smallest absolute Gasteiger partial charge is 0.258 e. The molecule has 1 N–H and O–H groups in total. The molecule has 4 nitrogen and oxygen atoms in total. The van der Waals surface area contributed by atoms with E-state index in [1.807, 2.05) is 0 Å². The average molecular weight is 365 g/mol. The van der Waals surface area contributed by atoms with E-state index >= 15 is 0 Å². The first kappa shape index (κ1) is 17.4. The lowest BCUT2D eigenvalue weighted by Crippen LogP contribution is -2.29. The van der Waals surface area contributed by atoms with Crippen LogP contribution in [-0.2, 0) is 0 Å². The van der Waals surface area contributed by atoms with Crippen LogP contribution in [0.3, 0.4) is 0 Å². The zero-order valence-electron chi connectivity index (χ0n) is 13.2. The van der Waals surface area contributed by atoms with E-state index in [9.17, 15) is 18.4 Å². The summed E-state index contributed by atoms with van der Waals surface area (Å²) in [7, 11) is 0. The van der Waals surface area contributed by atoms with Gasteiger partial charge in [0.05, 0.1) is 16.8 Å². The lowest BCUT2D eigenvalue weighted by molar-refractivity contribution is 0.0794. The minimum atomic E-state index is -0.847. The van der Waals surface area contributed by atoms with Crippen LogP contribution >= 0.6 is 11.6 Å². The molecule has 0 unspecified atom stereocenters. The summed E-state index contributed by atoms with van der Waals surface area (Å²) in [5.74, 6) is -2.67. The lowest BCUT2D eigenvalue weighted by Gasteiger charge is -2.18. The number of benzene rings is 2. The second kappa shape index (κ2) is 7.19. The van der Waals surface area contributed by atoms with E-state index in [-0.39, 0.29) is 17.2 Å². The minimum Gasteiger partial charge on any atom is -0.339 e. The van der Waals surface area contributed by atoms with E-state index < -0.39 is 23.1 Å². The Balaban J connectivity index is 1.90. The maximum atomic E-state index is 13.8. The Morgan fingerprint density at radius 1 is 1.00 bits per heavy atom. The van der Waals surface area contributed by atoms with Crippen molar-refractivity contribution in [2.45, 2.75) is 12.8 Å². The van der Waals surface area contributed by atoms with Crippen molar-refractivity contribution in [1.29, 1.82) is 0 Å². The van der Waals surface area contributed by atoms with Gasteiger partial charge in [-0.1, -0.05) is 11.6 Å². The van der Waals surface area contributed by atoms with Gasteiger partial charge in [0.1, 0.15) is 11.6 Å². The Morgan fingerprint density at radius 2 is 1.72 bits per heavy atom. The van der Waals surface area contributed by atoms with Gasteiger partial charge < -0.3 is 10.2 Å². The Hall–Kier alpha value is -2.47. The number of carbonyl (C=O) groups is 2. The summed E-state index contributed by atoms with van der Waals surface area (Å²) in [5, 5.41) is 2.82. The van der Waals surface area contributed by atoms with Crippen molar-refractivity contribution < 1.29 is 18.4 Å². The molecule has 1 aliphatic heterocycles. The maximum Gasteiger partial charge on any atom is 0.258 e. The molecule has 0 aliphatic carbocycles. The molecule has 1 fully saturated rings. The molecule has 2 amide bonds. The molecule has 25 heavy (non-hydrogen) atoms. The Labute approximate surface area is 148 Å². The molecule has 0 radical (unpaired) electrons. The van der Waals surface area contributed by atoms with Gasteiger partial charge in [-0.05, 0) is 49.2 Å². The summed E-state index contributed by atoms with van der Waals surface area (Å²) in [4.78, 5) is 26.6. The Bertz CT molecular complexity index is 836. The number of hydrogen-bond donors (Lipinski definition) is 1. The molecule has 2 aromatic carbocycles. The zero-order chi connectivity index (χ0) is 18.0. The molecule has 0 atom stereocenters. The molecule has 3 rings (SSSR count). The number of amides is 2. The van der Waals surface area contributed by atoms with Crippen LogP contribution < -0.4 is 5.32 Å². The zero-order valence-corrected chi connectivity index (χ0v) is 13.9. The van der Waals surface area contributed by atoms with Crippen LogP contribution in [0.25, 0.3) is 0 Å². The fraction of sp³-hybridized carbons (Fsp3) is 0.222. The third kappa shape index (κ3) is 3.79. The number of rotatable bonds is 3. The molecular weight excluding hydrogens is 350 g/mol. The minimum absolute atomic E-state index is 0.204. The van der Waals surface area contributed by atoms with Gasteiger partial charge in [0.2, 0.25) is 0 Å². The van der Waals surface area contributed by atoms with E-state index in [0.29, 0.717) is 18.1 Å². The van der Waals surface area contributed by atoms with Gasteiger partial charge in [0.15, 0.2) is 0 Å². The van der Waals surface area contributed by atoms with Crippen molar-refractivity contribution in [3.63, 3.8) is 0 Å². The van der Waals surface area contributed by atoms with Crippen molar-refractivity contribution in [2.75, 3.05) is 18.4 Å². The summed E-state index contributed by atoms with van der Waals surface area (Å²) in [5.41, 5.74) is -0.0101. The van der Waals surface area contributed by atoms with Crippen LogP contribution in [0.2, 0.25) is 5.02 Å². The monoisotopic (exact) mass is 364 g/mol. The quantitative estimate of drug-likeness (QED) is 0.891. The second-order valence-corrected chi connectivity index (χ2v) is 6.20. The van der Waals surface area contributed by atoms with E-state index in [0.717, 1.165) is 31.0 Å². The topological polar surface area (TPSA) is 49.4 Å². The Morgan fingerprint density at radius 3 is 2.44 bits per heavy atom.